The number of fused-ring (bicyclic) bond motifs is 1. The first-order valence-electron chi connectivity index (χ1n) is 10.2. The zero-order valence-electron chi connectivity index (χ0n) is 16.1. The Morgan fingerprint density at radius 2 is 1.78 bits per heavy atom. The van der Waals surface area contributed by atoms with Gasteiger partial charge in [-0.3, -0.25) is 4.98 Å². The monoisotopic (exact) mass is 360 g/mol. The molecule has 4 heteroatoms. The summed E-state index contributed by atoms with van der Waals surface area (Å²) in [6.07, 6.45) is 12.2. The van der Waals surface area contributed by atoms with Gasteiger partial charge in [0.1, 0.15) is 5.82 Å². The van der Waals surface area contributed by atoms with Crippen molar-refractivity contribution < 1.29 is 0 Å². The molecular weight excluding hydrogens is 332 g/mol. The van der Waals surface area contributed by atoms with Gasteiger partial charge in [0.15, 0.2) is 0 Å². The summed E-state index contributed by atoms with van der Waals surface area (Å²) in [5.74, 6) is 1.54. The van der Waals surface area contributed by atoms with Crippen molar-refractivity contribution in [2.45, 2.75) is 57.9 Å². The highest BCUT2D eigenvalue weighted by Crippen LogP contribution is 2.31. The summed E-state index contributed by atoms with van der Waals surface area (Å²) in [7, 11) is 0. The van der Waals surface area contributed by atoms with E-state index in [1.54, 1.807) is 0 Å². The van der Waals surface area contributed by atoms with E-state index in [2.05, 4.69) is 30.1 Å². The first-order chi connectivity index (χ1) is 13.2. The van der Waals surface area contributed by atoms with Gasteiger partial charge < -0.3 is 5.73 Å². The number of nitrogens with two attached hydrogens (primary N) is 1. The van der Waals surface area contributed by atoms with E-state index in [9.17, 15) is 0 Å². The second kappa shape index (κ2) is 8.13. The van der Waals surface area contributed by atoms with Gasteiger partial charge in [-0.2, -0.15) is 0 Å². The van der Waals surface area contributed by atoms with Crippen LogP contribution in [0.5, 0.6) is 0 Å². The van der Waals surface area contributed by atoms with Crippen molar-refractivity contribution in [1.29, 1.82) is 0 Å². The Morgan fingerprint density at radius 1 is 1.00 bits per heavy atom. The Morgan fingerprint density at radius 3 is 2.52 bits per heavy atom. The van der Waals surface area contributed by atoms with Gasteiger partial charge in [-0.25, -0.2) is 9.97 Å². The highest BCUT2D eigenvalue weighted by atomic mass is 14.9. The van der Waals surface area contributed by atoms with Gasteiger partial charge in [-0.1, -0.05) is 45.1 Å². The molecule has 140 valence electrons. The maximum Gasteiger partial charge on any atom is 0.145 e. The summed E-state index contributed by atoms with van der Waals surface area (Å²) in [4.78, 5) is 13.8. The molecule has 3 aromatic rings. The zero-order valence-corrected chi connectivity index (χ0v) is 16.1. The van der Waals surface area contributed by atoms with E-state index in [0.717, 1.165) is 46.7 Å². The molecule has 27 heavy (non-hydrogen) atoms. The molecular formula is C23H28N4. The molecule has 0 bridgehead atoms. The van der Waals surface area contributed by atoms with E-state index < -0.39 is 0 Å². The van der Waals surface area contributed by atoms with Crippen LogP contribution in [0.1, 0.15) is 63.0 Å². The summed E-state index contributed by atoms with van der Waals surface area (Å²) >= 11 is 0. The molecule has 2 N–H and O–H groups in total. The lowest BCUT2D eigenvalue weighted by Crippen LogP contribution is -2.20. The molecule has 0 amide bonds. The Kier molecular flexibility index (Phi) is 5.44. The number of pyridine rings is 1. The molecule has 4 rings (SSSR count). The molecule has 1 saturated carbocycles. The number of aromatic nitrogens is 3. The summed E-state index contributed by atoms with van der Waals surface area (Å²) in [5, 5.41) is 1.13. The fourth-order valence-electron chi connectivity index (χ4n) is 4.26. The van der Waals surface area contributed by atoms with Gasteiger partial charge in [0, 0.05) is 17.8 Å². The van der Waals surface area contributed by atoms with Gasteiger partial charge in [0.25, 0.3) is 0 Å². The van der Waals surface area contributed by atoms with Crippen LogP contribution in [0.25, 0.3) is 22.0 Å². The lowest BCUT2D eigenvalue weighted by atomic mass is 9.85. The van der Waals surface area contributed by atoms with Crippen molar-refractivity contribution in [3.05, 3.63) is 54.2 Å². The van der Waals surface area contributed by atoms with Crippen molar-refractivity contribution in [2.75, 3.05) is 0 Å². The summed E-state index contributed by atoms with van der Waals surface area (Å²) in [6, 6.07) is 10.4. The van der Waals surface area contributed by atoms with E-state index in [4.69, 9.17) is 15.7 Å². The summed E-state index contributed by atoms with van der Waals surface area (Å²) < 4.78 is 0. The average Bonchev–Trinajstić information content (AvgIpc) is 2.74. The lowest BCUT2D eigenvalue weighted by molar-refractivity contribution is 0.315. The van der Waals surface area contributed by atoms with Crippen LogP contribution in [0.15, 0.2) is 42.7 Å². The molecule has 0 aliphatic heterocycles. The molecule has 2 heterocycles. The molecule has 1 aliphatic rings. The molecule has 4 nitrogen and oxygen atoms in total. The van der Waals surface area contributed by atoms with Crippen LogP contribution in [-0.2, 0) is 6.42 Å². The molecule has 1 atom stereocenters. The number of benzene rings is 1. The predicted molar refractivity (Wildman–Crippen MR) is 110 cm³/mol. The number of hydrogen-bond donors (Lipinski definition) is 1. The van der Waals surface area contributed by atoms with Gasteiger partial charge >= 0.3 is 0 Å². The molecule has 1 aliphatic carbocycles. The quantitative estimate of drug-likeness (QED) is 0.677. The van der Waals surface area contributed by atoms with Crippen LogP contribution in [0.2, 0.25) is 0 Å². The third-order valence-electron chi connectivity index (χ3n) is 5.78. The first kappa shape index (κ1) is 18.1. The highest BCUT2D eigenvalue weighted by Gasteiger charge is 2.20. The Balaban J connectivity index is 1.65. The van der Waals surface area contributed by atoms with E-state index in [0.29, 0.717) is 0 Å². The number of hydrogen-bond acceptors (Lipinski definition) is 4. The van der Waals surface area contributed by atoms with Crippen molar-refractivity contribution in [1.82, 2.24) is 15.0 Å². The molecule has 1 unspecified atom stereocenters. The van der Waals surface area contributed by atoms with Gasteiger partial charge in [-0.05, 0) is 54.2 Å². The van der Waals surface area contributed by atoms with E-state index in [1.165, 1.54) is 37.7 Å². The maximum atomic E-state index is 6.53. The van der Waals surface area contributed by atoms with Crippen molar-refractivity contribution in [3.63, 3.8) is 0 Å². The zero-order chi connectivity index (χ0) is 18.6. The largest absolute Gasteiger partial charge is 0.321 e. The van der Waals surface area contributed by atoms with Crippen LogP contribution >= 0.6 is 0 Å². The second-order valence-electron chi connectivity index (χ2n) is 7.70. The second-order valence-corrected chi connectivity index (χ2v) is 7.70. The third-order valence-corrected chi connectivity index (χ3v) is 5.78. The standard InChI is InChI=1S/C23H28N4/c1-2-21-19-15-18(17-10-12-25-13-11-17)8-9-22(19)27-23(26-21)20(24)14-16-6-4-3-5-7-16/h8-13,15-16,20H,2-7,14,24H2,1H3. The lowest BCUT2D eigenvalue weighted by Gasteiger charge is -2.24. The minimum Gasteiger partial charge on any atom is -0.321 e. The van der Waals surface area contributed by atoms with E-state index in [-0.39, 0.29) is 6.04 Å². The molecule has 1 aromatic carbocycles. The SMILES string of the molecule is CCc1nc(C(N)CC2CCCCC2)nc2ccc(-c3ccncc3)cc12. The van der Waals surface area contributed by atoms with Gasteiger partial charge in [-0.15, -0.1) is 0 Å². The predicted octanol–water partition coefficient (Wildman–Crippen LogP) is 5.22. The Bertz CT molecular complexity index is 901. The number of rotatable bonds is 5. The van der Waals surface area contributed by atoms with Crippen LogP contribution in [0.3, 0.4) is 0 Å². The topological polar surface area (TPSA) is 64.7 Å². The highest BCUT2D eigenvalue weighted by molar-refractivity contribution is 5.86. The molecule has 1 fully saturated rings. The van der Waals surface area contributed by atoms with E-state index >= 15 is 0 Å². The molecule has 0 radical (unpaired) electrons. The maximum absolute atomic E-state index is 6.53. The van der Waals surface area contributed by atoms with Crippen LogP contribution in [-0.4, -0.2) is 15.0 Å². The molecule has 0 saturated heterocycles. The molecule has 0 spiro atoms. The Labute approximate surface area is 161 Å². The van der Waals surface area contributed by atoms with Crippen LogP contribution in [0.4, 0.5) is 0 Å². The summed E-state index contributed by atoms with van der Waals surface area (Å²) in [5.41, 5.74) is 10.9. The average molecular weight is 361 g/mol. The van der Waals surface area contributed by atoms with Crippen LogP contribution < -0.4 is 5.73 Å². The number of aryl methyl sites for hydroxylation is 1. The molecule has 2 aromatic heterocycles. The van der Waals surface area contributed by atoms with Gasteiger partial charge in [0.05, 0.1) is 17.3 Å². The minimum atomic E-state index is -0.0670. The van der Waals surface area contributed by atoms with Crippen molar-refractivity contribution >= 4 is 10.9 Å². The van der Waals surface area contributed by atoms with Crippen LogP contribution in [0, 0.1) is 5.92 Å². The number of nitrogens with zero attached hydrogens (tertiary/aromatic N) is 3. The third kappa shape index (κ3) is 4.01. The fraction of sp³-hybridized carbons (Fsp3) is 0.435. The summed E-state index contributed by atoms with van der Waals surface area (Å²) in [6.45, 7) is 2.15. The van der Waals surface area contributed by atoms with Gasteiger partial charge in [0.2, 0.25) is 0 Å². The van der Waals surface area contributed by atoms with Crippen molar-refractivity contribution in [3.8, 4) is 11.1 Å². The van der Waals surface area contributed by atoms with Crippen molar-refractivity contribution in [2.24, 2.45) is 11.7 Å². The smallest absolute Gasteiger partial charge is 0.145 e. The normalized spacial score (nSPS) is 16.5. The van der Waals surface area contributed by atoms with E-state index in [1.807, 2.05) is 24.5 Å². The first-order valence-corrected chi connectivity index (χ1v) is 10.2. The minimum absolute atomic E-state index is 0.0670. The fourth-order valence-corrected chi connectivity index (χ4v) is 4.26. The Hall–Kier alpha value is -2.33.